The molecule has 0 aliphatic carbocycles. The maximum absolute atomic E-state index is 11.6. The Labute approximate surface area is 118 Å². The van der Waals surface area contributed by atoms with E-state index in [1.165, 1.54) is 12.7 Å². The van der Waals surface area contributed by atoms with Gasteiger partial charge in [-0.05, 0) is 30.7 Å². The molecule has 104 valence electrons. The number of nitrogens with one attached hydrogen (secondary N) is 1. The van der Waals surface area contributed by atoms with Gasteiger partial charge in [-0.1, -0.05) is 30.3 Å². The van der Waals surface area contributed by atoms with Gasteiger partial charge in [-0.2, -0.15) is 0 Å². The summed E-state index contributed by atoms with van der Waals surface area (Å²) < 4.78 is 4.71. The van der Waals surface area contributed by atoms with Crippen molar-refractivity contribution < 1.29 is 9.53 Å². The lowest BCUT2D eigenvalue weighted by Gasteiger charge is -2.16. The van der Waals surface area contributed by atoms with Crippen LogP contribution in [0.25, 0.3) is 0 Å². The zero-order valence-electron chi connectivity index (χ0n) is 11.6. The smallest absolute Gasteiger partial charge is 0.340 e. The number of esters is 1. The summed E-state index contributed by atoms with van der Waals surface area (Å²) in [5, 5.41) is 3.34. The highest BCUT2D eigenvalue weighted by Crippen LogP contribution is 2.23. The molecule has 0 saturated carbocycles. The van der Waals surface area contributed by atoms with Crippen molar-refractivity contribution >= 4 is 17.3 Å². The van der Waals surface area contributed by atoms with Crippen LogP contribution in [0, 0.1) is 0 Å². The number of methoxy groups -OCH3 is 1. The SMILES string of the molecule is COC(=O)c1cc(NC(C)c2ccccc2)ccc1N. The van der Waals surface area contributed by atoms with Crippen molar-refractivity contribution in [1.82, 2.24) is 0 Å². The van der Waals surface area contributed by atoms with Gasteiger partial charge in [-0.25, -0.2) is 4.79 Å². The van der Waals surface area contributed by atoms with Crippen LogP contribution in [0.2, 0.25) is 0 Å². The first-order valence-corrected chi connectivity index (χ1v) is 6.41. The summed E-state index contributed by atoms with van der Waals surface area (Å²) in [7, 11) is 1.34. The second-order valence-electron chi connectivity index (χ2n) is 4.57. The fourth-order valence-electron chi connectivity index (χ4n) is 2.01. The number of hydrogen-bond donors (Lipinski definition) is 2. The fourth-order valence-corrected chi connectivity index (χ4v) is 2.01. The lowest BCUT2D eigenvalue weighted by molar-refractivity contribution is 0.0602. The molecule has 2 aromatic rings. The molecule has 3 N–H and O–H groups in total. The van der Waals surface area contributed by atoms with Crippen molar-refractivity contribution in [3.8, 4) is 0 Å². The minimum Gasteiger partial charge on any atom is -0.465 e. The van der Waals surface area contributed by atoms with Crippen LogP contribution in [0.1, 0.15) is 28.9 Å². The van der Waals surface area contributed by atoms with E-state index in [1.807, 2.05) is 24.3 Å². The molecule has 20 heavy (non-hydrogen) atoms. The molecule has 0 heterocycles. The monoisotopic (exact) mass is 270 g/mol. The number of benzene rings is 2. The second kappa shape index (κ2) is 6.10. The van der Waals surface area contributed by atoms with Crippen LogP contribution in [-0.4, -0.2) is 13.1 Å². The summed E-state index contributed by atoms with van der Waals surface area (Å²) in [5.74, 6) is -0.432. The van der Waals surface area contributed by atoms with Gasteiger partial charge in [0.2, 0.25) is 0 Å². The zero-order valence-corrected chi connectivity index (χ0v) is 11.6. The lowest BCUT2D eigenvalue weighted by Crippen LogP contribution is -2.09. The average Bonchev–Trinajstić information content (AvgIpc) is 2.49. The van der Waals surface area contributed by atoms with Crippen molar-refractivity contribution in [1.29, 1.82) is 0 Å². The topological polar surface area (TPSA) is 64.3 Å². The van der Waals surface area contributed by atoms with E-state index < -0.39 is 5.97 Å². The fraction of sp³-hybridized carbons (Fsp3) is 0.188. The molecule has 0 spiro atoms. The van der Waals surface area contributed by atoms with Gasteiger partial charge in [-0.15, -0.1) is 0 Å². The molecule has 2 rings (SSSR count). The Morgan fingerprint density at radius 1 is 1.20 bits per heavy atom. The third-order valence-electron chi connectivity index (χ3n) is 3.14. The number of carbonyl (C=O) groups is 1. The summed E-state index contributed by atoms with van der Waals surface area (Å²) in [6.45, 7) is 2.06. The van der Waals surface area contributed by atoms with E-state index in [4.69, 9.17) is 10.5 Å². The normalized spacial score (nSPS) is 11.7. The van der Waals surface area contributed by atoms with Crippen LogP contribution < -0.4 is 11.1 Å². The summed E-state index contributed by atoms with van der Waals surface area (Å²) in [4.78, 5) is 11.6. The van der Waals surface area contributed by atoms with Crippen LogP contribution in [0.4, 0.5) is 11.4 Å². The Morgan fingerprint density at radius 3 is 2.55 bits per heavy atom. The second-order valence-corrected chi connectivity index (χ2v) is 4.57. The molecule has 0 aliphatic rings. The van der Waals surface area contributed by atoms with Gasteiger partial charge in [0.25, 0.3) is 0 Å². The third kappa shape index (κ3) is 3.09. The van der Waals surface area contributed by atoms with Gasteiger partial charge in [0.1, 0.15) is 0 Å². The van der Waals surface area contributed by atoms with E-state index in [0.717, 1.165) is 5.69 Å². The van der Waals surface area contributed by atoms with E-state index in [1.54, 1.807) is 12.1 Å². The van der Waals surface area contributed by atoms with Crippen LogP contribution >= 0.6 is 0 Å². The van der Waals surface area contributed by atoms with Crippen molar-refractivity contribution in [2.75, 3.05) is 18.2 Å². The molecule has 2 aromatic carbocycles. The average molecular weight is 270 g/mol. The molecule has 0 amide bonds. The van der Waals surface area contributed by atoms with Crippen LogP contribution in [0.15, 0.2) is 48.5 Å². The largest absolute Gasteiger partial charge is 0.465 e. The third-order valence-corrected chi connectivity index (χ3v) is 3.14. The Bertz CT molecular complexity index is 597. The lowest BCUT2D eigenvalue weighted by atomic mass is 10.1. The first-order valence-electron chi connectivity index (χ1n) is 6.41. The number of nitrogen functional groups attached to an aromatic ring is 1. The van der Waals surface area contributed by atoms with Gasteiger partial charge in [0, 0.05) is 17.4 Å². The van der Waals surface area contributed by atoms with E-state index in [2.05, 4.69) is 24.4 Å². The number of nitrogens with two attached hydrogens (primary N) is 1. The van der Waals surface area contributed by atoms with Crippen molar-refractivity contribution in [3.05, 3.63) is 59.7 Å². The highest BCUT2D eigenvalue weighted by molar-refractivity contribution is 5.96. The first kappa shape index (κ1) is 13.9. The first-order chi connectivity index (χ1) is 9.61. The zero-order chi connectivity index (χ0) is 14.5. The number of anilines is 2. The van der Waals surface area contributed by atoms with E-state index in [-0.39, 0.29) is 6.04 Å². The van der Waals surface area contributed by atoms with E-state index in [0.29, 0.717) is 11.3 Å². The predicted octanol–water partition coefficient (Wildman–Crippen LogP) is 3.23. The van der Waals surface area contributed by atoms with Gasteiger partial charge in [0.05, 0.1) is 12.7 Å². The van der Waals surface area contributed by atoms with Crippen LogP contribution in [0.5, 0.6) is 0 Å². The number of hydrogen-bond acceptors (Lipinski definition) is 4. The Morgan fingerprint density at radius 2 is 1.90 bits per heavy atom. The van der Waals surface area contributed by atoms with Gasteiger partial charge < -0.3 is 15.8 Å². The minimum absolute atomic E-state index is 0.130. The molecule has 0 bridgehead atoms. The van der Waals surface area contributed by atoms with Crippen molar-refractivity contribution in [3.63, 3.8) is 0 Å². The molecule has 0 fully saturated rings. The maximum Gasteiger partial charge on any atom is 0.340 e. The number of ether oxygens (including phenoxy) is 1. The minimum atomic E-state index is -0.432. The van der Waals surface area contributed by atoms with E-state index in [9.17, 15) is 4.79 Å². The Kier molecular flexibility index (Phi) is 4.25. The molecule has 0 radical (unpaired) electrons. The summed E-state index contributed by atoms with van der Waals surface area (Å²) >= 11 is 0. The Hall–Kier alpha value is -2.49. The summed E-state index contributed by atoms with van der Waals surface area (Å²) in [6, 6.07) is 15.5. The summed E-state index contributed by atoms with van der Waals surface area (Å²) in [6.07, 6.45) is 0. The van der Waals surface area contributed by atoms with Crippen molar-refractivity contribution in [2.45, 2.75) is 13.0 Å². The van der Waals surface area contributed by atoms with Gasteiger partial charge in [-0.3, -0.25) is 0 Å². The highest BCUT2D eigenvalue weighted by Gasteiger charge is 2.12. The molecular formula is C16H18N2O2. The molecule has 0 aliphatic heterocycles. The Balaban J connectivity index is 2.20. The molecule has 0 saturated heterocycles. The van der Waals surface area contributed by atoms with Crippen LogP contribution in [0.3, 0.4) is 0 Å². The highest BCUT2D eigenvalue weighted by atomic mass is 16.5. The molecule has 1 unspecified atom stereocenters. The molecule has 0 aromatic heterocycles. The summed E-state index contributed by atoms with van der Waals surface area (Å²) in [5.41, 5.74) is 8.56. The van der Waals surface area contributed by atoms with Crippen molar-refractivity contribution in [2.24, 2.45) is 0 Å². The van der Waals surface area contributed by atoms with Crippen LogP contribution in [-0.2, 0) is 4.74 Å². The standard InChI is InChI=1S/C16H18N2O2/c1-11(12-6-4-3-5-7-12)18-13-8-9-15(17)14(10-13)16(19)20-2/h3-11,18H,17H2,1-2H3. The number of rotatable bonds is 4. The maximum atomic E-state index is 11.6. The molecule has 1 atom stereocenters. The molecule has 4 heteroatoms. The molecular weight excluding hydrogens is 252 g/mol. The molecule has 4 nitrogen and oxygen atoms in total. The predicted molar refractivity (Wildman–Crippen MR) is 80.7 cm³/mol. The number of carbonyl (C=O) groups excluding carboxylic acids is 1. The van der Waals surface area contributed by atoms with E-state index >= 15 is 0 Å². The van der Waals surface area contributed by atoms with Gasteiger partial charge in [0.15, 0.2) is 0 Å². The van der Waals surface area contributed by atoms with Gasteiger partial charge >= 0.3 is 5.97 Å². The quantitative estimate of drug-likeness (QED) is 0.661.